The van der Waals surface area contributed by atoms with Gasteiger partial charge in [-0.15, -0.1) is 0 Å². The molecule has 1 unspecified atom stereocenters. The Hall–Kier alpha value is -1.23. The molecule has 1 fully saturated rings. The number of phenolic OH excluding ortho intramolecular Hbond substituents is 1. The molecule has 0 bridgehead atoms. The summed E-state index contributed by atoms with van der Waals surface area (Å²) in [4.78, 5) is 14.1. The molecule has 1 saturated heterocycles. The summed E-state index contributed by atoms with van der Waals surface area (Å²) in [7, 11) is 1.47. The number of alkyl halides is 1. The van der Waals surface area contributed by atoms with Gasteiger partial charge in [-0.3, -0.25) is 4.79 Å². The minimum atomic E-state index is -0.130. The van der Waals surface area contributed by atoms with Crippen LogP contribution in [0.2, 0.25) is 0 Å². The quantitative estimate of drug-likeness (QED) is 0.871. The third-order valence-electron chi connectivity index (χ3n) is 3.24. The largest absolute Gasteiger partial charge is 0.504 e. The number of para-hydroxylation sites is 1. The SMILES string of the molecule is COc1cccc(C(=O)N2CCC(CBr)C2)c1O. The van der Waals surface area contributed by atoms with Gasteiger partial charge in [0.25, 0.3) is 5.91 Å². The zero-order valence-electron chi connectivity index (χ0n) is 10.2. The summed E-state index contributed by atoms with van der Waals surface area (Å²) in [5.74, 6) is 0.626. The number of amides is 1. The van der Waals surface area contributed by atoms with Gasteiger partial charge in [0.2, 0.25) is 0 Å². The number of aromatic hydroxyl groups is 1. The molecule has 18 heavy (non-hydrogen) atoms. The van der Waals surface area contributed by atoms with Gasteiger partial charge in [0.1, 0.15) is 0 Å². The fraction of sp³-hybridized carbons (Fsp3) is 0.462. The Morgan fingerprint density at radius 1 is 1.61 bits per heavy atom. The lowest BCUT2D eigenvalue weighted by Gasteiger charge is -2.17. The van der Waals surface area contributed by atoms with E-state index < -0.39 is 0 Å². The molecule has 0 aliphatic carbocycles. The van der Waals surface area contributed by atoms with E-state index in [2.05, 4.69) is 15.9 Å². The molecular weight excluding hydrogens is 298 g/mol. The number of likely N-dealkylation sites (tertiary alicyclic amines) is 1. The third kappa shape index (κ3) is 2.46. The first kappa shape index (κ1) is 13.2. The first-order valence-electron chi connectivity index (χ1n) is 5.88. The molecule has 2 rings (SSSR count). The van der Waals surface area contributed by atoms with E-state index in [-0.39, 0.29) is 11.7 Å². The van der Waals surface area contributed by atoms with E-state index in [1.54, 1.807) is 23.1 Å². The molecule has 4 nitrogen and oxygen atoms in total. The number of hydrogen-bond acceptors (Lipinski definition) is 3. The fourth-order valence-electron chi connectivity index (χ4n) is 2.17. The maximum atomic E-state index is 12.3. The van der Waals surface area contributed by atoms with Gasteiger partial charge in [-0.1, -0.05) is 22.0 Å². The molecule has 5 heteroatoms. The number of carbonyl (C=O) groups excluding carboxylic acids is 1. The molecule has 1 aliphatic heterocycles. The van der Waals surface area contributed by atoms with Crippen LogP contribution in [-0.2, 0) is 0 Å². The number of benzene rings is 1. The van der Waals surface area contributed by atoms with E-state index in [4.69, 9.17) is 4.74 Å². The smallest absolute Gasteiger partial charge is 0.257 e. The Bertz CT molecular complexity index is 450. The van der Waals surface area contributed by atoms with E-state index in [0.717, 1.165) is 24.8 Å². The Balaban J connectivity index is 2.19. The minimum absolute atomic E-state index is 0.0766. The van der Waals surface area contributed by atoms with E-state index in [1.165, 1.54) is 7.11 Å². The van der Waals surface area contributed by atoms with Crippen LogP contribution in [-0.4, -0.2) is 41.4 Å². The van der Waals surface area contributed by atoms with Crippen molar-refractivity contribution in [3.63, 3.8) is 0 Å². The van der Waals surface area contributed by atoms with Crippen LogP contribution in [0.4, 0.5) is 0 Å². The lowest BCUT2D eigenvalue weighted by atomic mass is 10.1. The summed E-state index contributed by atoms with van der Waals surface area (Å²) in [5.41, 5.74) is 0.310. The van der Waals surface area contributed by atoms with Gasteiger partial charge in [-0.25, -0.2) is 0 Å². The number of rotatable bonds is 3. The fourth-order valence-corrected chi connectivity index (χ4v) is 2.70. The van der Waals surface area contributed by atoms with Gasteiger partial charge in [0.05, 0.1) is 12.7 Å². The molecule has 0 aromatic heterocycles. The Labute approximate surface area is 115 Å². The summed E-state index contributed by atoms with van der Waals surface area (Å²) in [6.07, 6.45) is 1.00. The third-order valence-corrected chi connectivity index (χ3v) is 4.16. The van der Waals surface area contributed by atoms with Crippen molar-refractivity contribution in [2.45, 2.75) is 6.42 Å². The highest BCUT2D eigenvalue weighted by molar-refractivity contribution is 9.09. The van der Waals surface area contributed by atoms with Gasteiger partial charge in [0, 0.05) is 18.4 Å². The monoisotopic (exact) mass is 313 g/mol. The van der Waals surface area contributed by atoms with Crippen LogP contribution in [0.5, 0.6) is 11.5 Å². The molecule has 1 N–H and O–H groups in total. The second kappa shape index (κ2) is 5.61. The average molecular weight is 314 g/mol. The lowest BCUT2D eigenvalue weighted by Crippen LogP contribution is -2.28. The van der Waals surface area contributed by atoms with Gasteiger partial charge in [-0.2, -0.15) is 0 Å². The van der Waals surface area contributed by atoms with Crippen LogP contribution < -0.4 is 4.74 Å². The van der Waals surface area contributed by atoms with Crippen molar-refractivity contribution in [3.05, 3.63) is 23.8 Å². The number of nitrogens with zero attached hydrogens (tertiary/aromatic N) is 1. The topological polar surface area (TPSA) is 49.8 Å². The van der Waals surface area contributed by atoms with Crippen LogP contribution in [0, 0.1) is 5.92 Å². The van der Waals surface area contributed by atoms with E-state index in [1.807, 2.05) is 0 Å². The highest BCUT2D eigenvalue weighted by Gasteiger charge is 2.28. The van der Waals surface area contributed by atoms with Crippen molar-refractivity contribution < 1.29 is 14.6 Å². The molecule has 0 radical (unpaired) electrons. The minimum Gasteiger partial charge on any atom is -0.504 e. The van der Waals surface area contributed by atoms with E-state index in [0.29, 0.717) is 17.2 Å². The zero-order chi connectivity index (χ0) is 13.1. The Kier molecular flexibility index (Phi) is 4.11. The van der Waals surface area contributed by atoms with Crippen LogP contribution in [0.15, 0.2) is 18.2 Å². The number of halogens is 1. The lowest BCUT2D eigenvalue weighted by molar-refractivity contribution is 0.0785. The highest BCUT2D eigenvalue weighted by Crippen LogP contribution is 2.31. The Morgan fingerprint density at radius 3 is 3.00 bits per heavy atom. The second-order valence-electron chi connectivity index (χ2n) is 4.42. The molecular formula is C13H16BrNO3. The standard InChI is InChI=1S/C13H16BrNO3/c1-18-11-4-2-3-10(12(11)16)13(17)15-6-5-9(7-14)8-15/h2-4,9,16H,5-8H2,1H3. The van der Waals surface area contributed by atoms with Crippen LogP contribution in [0.1, 0.15) is 16.8 Å². The molecule has 1 aromatic rings. The molecule has 0 saturated carbocycles. The second-order valence-corrected chi connectivity index (χ2v) is 5.06. The summed E-state index contributed by atoms with van der Waals surface area (Å²) < 4.78 is 5.01. The molecule has 1 aromatic carbocycles. The zero-order valence-corrected chi connectivity index (χ0v) is 11.8. The number of hydrogen-bond donors (Lipinski definition) is 1. The summed E-state index contributed by atoms with van der Waals surface area (Å²) in [6, 6.07) is 4.98. The number of phenols is 1. The van der Waals surface area contributed by atoms with Crippen LogP contribution in [0.3, 0.4) is 0 Å². The van der Waals surface area contributed by atoms with Gasteiger partial charge in [0.15, 0.2) is 11.5 Å². The first-order chi connectivity index (χ1) is 8.67. The van der Waals surface area contributed by atoms with Crippen molar-refractivity contribution in [1.29, 1.82) is 0 Å². The van der Waals surface area contributed by atoms with Crippen LogP contribution >= 0.6 is 15.9 Å². The van der Waals surface area contributed by atoms with E-state index in [9.17, 15) is 9.90 Å². The van der Waals surface area contributed by atoms with Gasteiger partial charge >= 0.3 is 0 Å². The number of ether oxygens (including phenoxy) is 1. The maximum absolute atomic E-state index is 12.3. The van der Waals surface area contributed by atoms with Gasteiger partial charge in [-0.05, 0) is 24.5 Å². The van der Waals surface area contributed by atoms with Crippen molar-refractivity contribution in [1.82, 2.24) is 4.90 Å². The summed E-state index contributed by atoms with van der Waals surface area (Å²) in [6.45, 7) is 1.48. The highest BCUT2D eigenvalue weighted by atomic mass is 79.9. The molecule has 0 spiro atoms. The predicted molar refractivity (Wildman–Crippen MR) is 72.5 cm³/mol. The van der Waals surface area contributed by atoms with Gasteiger partial charge < -0.3 is 14.7 Å². The molecule has 1 amide bonds. The normalized spacial score (nSPS) is 19.0. The maximum Gasteiger partial charge on any atom is 0.257 e. The molecule has 1 heterocycles. The summed E-state index contributed by atoms with van der Waals surface area (Å²) in [5, 5.41) is 10.9. The summed E-state index contributed by atoms with van der Waals surface area (Å²) >= 11 is 3.44. The van der Waals surface area contributed by atoms with E-state index >= 15 is 0 Å². The molecule has 98 valence electrons. The van der Waals surface area contributed by atoms with Crippen molar-refractivity contribution in [2.24, 2.45) is 5.92 Å². The molecule has 1 aliphatic rings. The predicted octanol–water partition coefficient (Wildman–Crippen LogP) is 2.26. The first-order valence-corrected chi connectivity index (χ1v) is 7.00. The van der Waals surface area contributed by atoms with Crippen LogP contribution in [0.25, 0.3) is 0 Å². The number of carbonyl (C=O) groups is 1. The average Bonchev–Trinajstić information content (AvgIpc) is 2.87. The number of methoxy groups -OCH3 is 1. The van der Waals surface area contributed by atoms with Crippen molar-refractivity contribution >= 4 is 21.8 Å². The van der Waals surface area contributed by atoms with Crippen molar-refractivity contribution in [2.75, 3.05) is 25.5 Å². The molecule has 1 atom stereocenters. The van der Waals surface area contributed by atoms with Crippen molar-refractivity contribution in [3.8, 4) is 11.5 Å². The Morgan fingerprint density at radius 2 is 2.39 bits per heavy atom.